The van der Waals surface area contributed by atoms with Crippen LogP contribution in [0.5, 0.6) is 0 Å². The van der Waals surface area contributed by atoms with E-state index in [4.69, 9.17) is 16.7 Å². The first-order valence-electron chi connectivity index (χ1n) is 6.25. The number of anilines is 2. The summed E-state index contributed by atoms with van der Waals surface area (Å²) in [6, 6.07) is 5.67. The second-order valence-corrected chi connectivity index (χ2v) is 4.90. The number of piperidine rings is 1. The normalized spacial score (nSPS) is 22.8. The molecular weight excluding hydrogens is 242 g/mol. The van der Waals surface area contributed by atoms with Gasteiger partial charge in [-0.05, 0) is 31.9 Å². The summed E-state index contributed by atoms with van der Waals surface area (Å²) in [6.07, 6.45) is 1.68. The summed E-state index contributed by atoms with van der Waals surface area (Å²) >= 11 is 0. The molecule has 2 unspecified atom stereocenters. The zero-order valence-corrected chi connectivity index (χ0v) is 10.8. The predicted octanol–water partition coefficient (Wildman–Crippen LogP) is 0.626. The first-order valence-corrected chi connectivity index (χ1v) is 6.25. The lowest BCUT2D eigenvalue weighted by Gasteiger charge is -2.37. The quantitative estimate of drug-likeness (QED) is 0.809. The number of carbonyl (C=O) groups is 1. The van der Waals surface area contributed by atoms with Crippen molar-refractivity contribution in [2.45, 2.75) is 25.8 Å². The lowest BCUT2D eigenvalue weighted by molar-refractivity contribution is -0.122. The Morgan fingerprint density at radius 2 is 2.26 bits per heavy atom. The Kier molecular flexibility index (Phi) is 3.56. The summed E-state index contributed by atoms with van der Waals surface area (Å²) in [5.74, 6) is 0.221. The zero-order chi connectivity index (χ0) is 14.0. The van der Waals surface area contributed by atoms with Crippen LogP contribution in [0.15, 0.2) is 12.1 Å². The van der Waals surface area contributed by atoms with Crippen molar-refractivity contribution in [3.8, 4) is 6.07 Å². The summed E-state index contributed by atoms with van der Waals surface area (Å²) in [6.45, 7) is 2.61. The van der Waals surface area contributed by atoms with Crippen molar-refractivity contribution in [2.75, 3.05) is 17.2 Å². The summed E-state index contributed by atoms with van der Waals surface area (Å²) in [5, 5.41) is 8.96. The van der Waals surface area contributed by atoms with E-state index in [9.17, 15) is 4.79 Å². The SMILES string of the molecule is CC1CCC(C(N)=O)CN1c1ccc(N)c(C#N)n1. The van der Waals surface area contributed by atoms with Gasteiger partial charge in [-0.3, -0.25) is 4.79 Å². The number of primary amides is 1. The Hall–Kier alpha value is -2.29. The Balaban J connectivity index is 2.29. The van der Waals surface area contributed by atoms with Crippen LogP contribution in [0, 0.1) is 17.2 Å². The molecule has 6 heteroatoms. The molecule has 100 valence electrons. The van der Waals surface area contributed by atoms with Crippen LogP contribution in [0.3, 0.4) is 0 Å². The third-order valence-electron chi connectivity index (χ3n) is 3.60. The highest BCUT2D eigenvalue weighted by atomic mass is 16.1. The van der Waals surface area contributed by atoms with Gasteiger partial charge in [0.25, 0.3) is 0 Å². The van der Waals surface area contributed by atoms with Crippen molar-refractivity contribution in [2.24, 2.45) is 11.7 Å². The molecule has 1 amide bonds. The maximum atomic E-state index is 11.3. The third kappa shape index (κ3) is 2.60. The van der Waals surface area contributed by atoms with Gasteiger partial charge in [0, 0.05) is 12.6 Å². The number of pyridine rings is 1. The van der Waals surface area contributed by atoms with Gasteiger partial charge < -0.3 is 16.4 Å². The van der Waals surface area contributed by atoms with E-state index in [-0.39, 0.29) is 23.6 Å². The highest BCUT2D eigenvalue weighted by molar-refractivity contribution is 5.77. The number of hydrogen-bond donors (Lipinski definition) is 2. The molecule has 0 bridgehead atoms. The van der Waals surface area contributed by atoms with Crippen LogP contribution < -0.4 is 16.4 Å². The number of carbonyl (C=O) groups excluding carboxylic acids is 1. The molecule has 0 aromatic carbocycles. The number of aromatic nitrogens is 1. The Morgan fingerprint density at radius 1 is 1.53 bits per heavy atom. The number of rotatable bonds is 2. The van der Waals surface area contributed by atoms with Crippen LogP contribution in [0.4, 0.5) is 11.5 Å². The van der Waals surface area contributed by atoms with E-state index in [1.165, 1.54) is 0 Å². The zero-order valence-electron chi connectivity index (χ0n) is 10.8. The molecule has 2 heterocycles. The molecule has 0 saturated carbocycles. The van der Waals surface area contributed by atoms with E-state index in [1.807, 2.05) is 11.0 Å². The Morgan fingerprint density at radius 3 is 2.89 bits per heavy atom. The topological polar surface area (TPSA) is 109 Å². The minimum Gasteiger partial charge on any atom is -0.396 e. The fourth-order valence-corrected chi connectivity index (χ4v) is 2.37. The van der Waals surface area contributed by atoms with Crippen LogP contribution in [0.1, 0.15) is 25.5 Å². The van der Waals surface area contributed by atoms with Crippen molar-refractivity contribution in [1.29, 1.82) is 5.26 Å². The first kappa shape index (κ1) is 13.1. The number of nitrogens with zero attached hydrogens (tertiary/aromatic N) is 3. The van der Waals surface area contributed by atoms with E-state index < -0.39 is 0 Å². The molecule has 1 aromatic heterocycles. The second kappa shape index (κ2) is 5.14. The van der Waals surface area contributed by atoms with E-state index >= 15 is 0 Å². The van der Waals surface area contributed by atoms with E-state index in [1.54, 1.807) is 12.1 Å². The summed E-state index contributed by atoms with van der Waals surface area (Å²) in [4.78, 5) is 17.6. The van der Waals surface area contributed by atoms with Crippen LogP contribution in [-0.4, -0.2) is 23.5 Å². The van der Waals surface area contributed by atoms with Gasteiger partial charge in [0.05, 0.1) is 11.6 Å². The first-order chi connectivity index (χ1) is 9.02. The van der Waals surface area contributed by atoms with Gasteiger partial charge in [-0.25, -0.2) is 4.98 Å². The van der Waals surface area contributed by atoms with E-state index in [2.05, 4.69) is 11.9 Å². The van der Waals surface area contributed by atoms with Crippen LogP contribution in [0.2, 0.25) is 0 Å². The molecule has 6 nitrogen and oxygen atoms in total. The lowest BCUT2D eigenvalue weighted by atomic mass is 9.93. The van der Waals surface area contributed by atoms with Crippen LogP contribution in [-0.2, 0) is 4.79 Å². The van der Waals surface area contributed by atoms with Gasteiger partial charge in [0.15, 0.2) is 5.69 Å². The molecule has 1 aromatic rings. The van der Waals surface area contributed by atoms with Gasteiger partial charge in [-0.1, -0.05) is 0 Å². The maximum Gasteiger partial charge on any atom is 0.222 e. The molecule has 19 heavy (non-hydrogen) atoms. The predicted molar refractivity (Wildman–Crippen MR) is 72.1 cm³/mol. The molecule has 1 aliphatic heterocycles. The standard InChI is InChI=1S/C13H17N5O/c1-8-2-3-9(13(16)19)7-18(8)12-5-4-10(15)11(6-14)17-12/h4-5,8-9H,2-3,7,15H2,1H3,(H2,16,19). The molecule has 0 radical (unpaired) electrons. The molecular formula is C13H17N5O. The van der Waals surface area contributed by atoms with Gasteiger partial charge in [0.1, 0.15) is 11.9 Å². The second-order valence-electron chi connectivity index (χ2n) is 4.90. The molecule has 4 N–H and O–H groups in total. The number of nitrogens with two attached hydrogens (primary N) is 2. The van der Waals surface area contributed by atoms with Crippen molar-refractivity contribution < 1.29 is 4.79 Å². The molecule has 0 aliphatic carbocycles. The average molecular weight is 259 g/mol. The average Bonchev–Trinajstić information content (AvgIpc) is 2.40. The summed E-state index contributed by atoms with van der Waals surface area (Å²) in [5.41, 5.74) is 11.6. The highest BCUT2D eigenvalue weighted by Gasteiger charge is 2.29. The molecule has 1 aliphatic rings. The number of hydrogen-bond acceptors (Lipinski definition) is 5. The minimum atomic E-state index is -0.284. The van der Waals surface area contributed by atoms with Crippen molar-refractivity contribution >= 4 is 17.4 Å². The van der Waals surface area contributed by atoms with Gasteiger partial charge >= 0.3 is 0 Å². The fraction of sp³-hybridized carbons (Fsp3) is 0.462. The van der Waals surface area contributed by atoms with Crippen molar-refractivity contribution in [3.05, 3.63) is 17.8 Å². The van der Waals surface area contributed by atoms with Crippen molar-refractivity contribution in [3.63, 3.8) is 0 Å². The van der Waals surface area contributed by atoms with E-state index in [0.717, 1.165) is 12.8 Å². The minimum absolute atomic E-state index is 0.166. The van der Waals surface area contributed by atoms with Crippen molar-refractivity contribution in [1.82, 2.24) is 4.98 Å². The molecule has 2 rings (SSSR count). The molecule has 0 spiro atoms. The fourth-order valence-electron chi connectivity index (χ4n) is 2.37. The van der Waals surface area contributed by atoms with Gasteiger partial charge in [0.2, 0.25) is 5.91 Å². The summed E-state index contributed by atoms with van der Waals surface area (Å²) in [7, 11) is 0. The lowest BCUT2D eigenvalue weighted by Crippen LogP contribution is -2.46. The maximum absolute atomic E-state index is 11.3. The van der Waals surface area contributed by atoms with Gasteiger partial charge in [-0.2, -0.15) is 5.26 Å². The monoisotopic (exact) mass is 259 g/mol. The smallest absolute Gasteiger partial charge is 0.222 e. The molecule has 1 saturated heterocycles. The number of amides is 1. The van der Waals surface area contributed by atoms with Crippen LogP contribution >= 0.6 is 0 Å². The Bertz CT molecular complexity index is 536. The largest absolute Gasteiger partial charge is 0.396 e. The third-order valence-corrected chi connectivity index (χ3v) is 3.60. The van der Waals surface area contributed by atoms with E-state index in [0.29, 0.717) is 18.1 Å². The Labute approximate surface area is 112 Å². The molecule has 1 fully saturated rings. The number of nitrogen functional groups attached to an aromatic ring is 1. The number of nitriles is 1. The summed E-state index contributed by atoms with van der Waals surface area (Å²) < 4.78 is 0. The van der Waals surface area contributed by atoms with Crippen LogP contribution in [0.25, 0.3) is 0 Å². The van der Waals surface area contributed by atoms with Gasteiger partial charge in [-0.15, -0.1) is 0 Å². The molecule has 2 atom stereocenters. The highest BCUT2D eigenvalue weighted by Crippen LogP contribution is 2.27.